The Morgan fingerprint density at radius 2 is 1.58 bits per heavy atom. The second-order valence-electron chi connectivity index (χ2n) is 4.90. The lowest BCUT2D eigenvalue weighted by Gasteiger charge is -2.16. The fourth-order valence-corrected chi connectivity index (χ4v) is 2.56. The van der Waals surface area contributed by atoms with E-state index in [-0.39, 0.29) is 6.04 Å². The first-order valence-corrected chi connectivity index (χ1v) is 6.99. The molecule has 1 nitrogen and oxygen atoms in total. The van der Waals surface area contributed by atoms with Crippen LogP contribution in [0.15, 0.2) is 36.4 Å². The van der Waals surface area contributed by atoms with Crippen LogP contribution in [0.5, 0.6) is 0 Å². The zero-order valence-corrected chi connectivity index (χ0v) is 12.6. The van der Waals surface area contributed by atoms with Crippen molar-refractivity contribution in [1.82, 2.24) is 0 Å². The van der Waals surface area contributed by atoms with Gasteiger partial charge in [0.1, 0.15) is 0 Å². The molecule has 3 heteroatoms. The van der Waals surface area contributed by atoms with Crippen molar-refractivity contribution in [2.75, 3.05) is 0 Å². The number of hydrogen-bond donors (Lipinski definition) is 1. The Morgan fingerprint density at radius 3 is 2.21 bits per heavy atom. The molecule has 0 aliphatic rings. The lowest BCUT2D eigenvalue weighted by atomic mass is 9.96. The van der Waals surface area contributed by atoms with E-state index in [1.54, 1.807) is 0 Å². The Morgan fingerprint density at radius 1 is 1.00 bits per heavy atom. The lowest BCUT2D eigenvalue weighted by molar-refractivity contribution is 0.721. The maximum absolute atomic E-state index is 6.29. The van der Waals surface area contributed by atoms with Crippen LogP contribution in [0.2, 0.25) is 10.0 Å². The minimum absolute atomic E-state index is 0.104. The van der Waals surface area contributed by atoms with Gasteiger partial charge in [0.15, 0.2) is 0 Å². The molecule has 0 spiro atoms. The minimum atomic E-state index is -0.104. The predicted molar refractivity (Wildman–Crippen MR) is 83.0 cm³/mol. The molecule has 0 aliphatic heterocycles. The topological polar surface area (TPSA) is 26.0 Å². The molecule has 0 heterocycles. The van der Waals surface area contributed by atoms with E-state index in [4.69, 9.17) is 28.9 Å². The second kappa shape index (κ2) is 5.96. The molecule has 0 amide bonds. The van der Waals surface area contributed by atoms with Gasteiger partial charge < -0.3 is 5.73 Å². The molecular weight excluding hydrogens is 277 g/mol. The van der Waals surface area contributed by atoms with Gasteiger partial charge in [-0.1, -0.05) is 41.4 Å². The Balaban J connectivity index is 2.22. The van der Waals surface area contributed by atoms with E-state index in [9.17, 15) is 0 Å². The molecule has 0 bridgehead atoms. The van der Waals surface area contributed by atoms with E-state index in [1.165, 1.54) is 11.1 Å². The summed E-state index contributed by atoms with van der Waals surface area (Å²) in [7, 11) is 0. The predicted octanol–water partition coefficient (Wildman–Crippen LogP) is 4.85. The van der Waals surface area contributed by atoms with Crippen molar-refractivity contribution >= 4 is 23.2 Å². The van der Waals surface area contributed by atoms with Crippen molar-refractivity contribution in [3.63, 3.8) is 0 Å². The quantitative estimate of drug-likeness (QED) is 0.860. The molecule has 2 N–H and O–H groups in total. The van der Waals surface area contributed by atoms with Crippen LogP contribution in [0.3, 0.4) is 0 Å². The molecular formula is C16H17Cl2N. The fourth-order valence-electron chi connectivity index (χ4n) is 2.07. The average molecular weight is 294 g/mol. The first-order valence-electron chi connectivity index (χ1n) is 6.24. The Labute approximate surface area is 124 Å². The molecule has 0 aromatic heterocycles. The number of benzene rings is 2. The van der Waals surface area contributed by atoms with E-state index < -0.39 is 0 Å². The van der Waals surface area contributed by atoms with Crippen molar-refractivity contribution in [2.45, 2.75) is 26.3 Å². The van der Waals surface area contributed by atoms with Gasteiger partial charge >= 0.3 is 0 Å². The normalized spacial score (nSPS) is 12.5. The summed E-state index contributed by atoms with van der Waals surface area (Å²) in [5, 5.41) is 1.48. The summed E-state index contributed by atoms with van der Waals surface area (Å²) in [5.74, 6) is 0. The van der Waals surface area contributed by atoms with Gasteiger partial charge in [-0.15, -0.1) is 0 Å². The standard InChI is InChI=1S/C16H17Cl2N/c1-10-7-14(15(18)8-11(10)2)16(19)9-12-3-5-13(17)6-4-12/h3-8,16H,9,19H2,1-2H3. The monoisotopic (exact) mass is 293 g/mol. The number of hydrogen-bond acceptors (Lipinski definition) is 1. The Hall–Kier alpha value is -1.02. The summed E-state index contributed by atoms with van der Waals surface area (Å²) in [4.78, 5) is 0. The van der Waals surface area contributed by atoms with Crippen molar-refractivity contribution < 1.29 is 0 Å². The molecule has 0 radical (unpaired) electrons. The van der Waals surface area contributed by atoms with E-state index in [0.29, 0.717) is 0 Å². The molecule has 1 atom stereocenters. The molecule has 2 aromatic rings. The third-order valence-corrected chi connectivity index (χ3v) is 3.96. The highest BCUT2D eigenvalue weighted by molar-refractivity contribution is 6.31. The molecule has 2 aromatic carbocycles. The van der Waals surface area contributed by atoms with Crippen LogP contribution < -0.4 is 5.73 Å². The van der Waals surface area contributed by atoms with Gasteiger partial charge in [0.2, 0.25) is 0 Å². The van der Waals surface area contributed by atoms with Crippen LogP contribution in [-0.4, -0.2) is 0 Å². The van der Waals surface area contributed by atoms with Crippen molar-refractivity contribution in [3.8, 4) is 0 Å². The van der Waals surface area contributed by atoms with Crippen LogP contribution in [0.1, 0.15) is 28.3 Å². The Kier molecular flexibility index (Phi) is 4.51. The van der Waals surface area contributed by atoms with Crippen LogP contribution in [0, 0.1) is 13.8 Å². The Bertz CT molecular complexity index is 576. The molecule has 1 unspecified atom stereocenters. The summed E-state index contributed by atoms with van der Waals surface area (Å²) in [6, 6.07) is 11.7. The van der Waals surface area contributed by atoms with Gasteiger partial charge in [0, 0.05) is 16.1 Å². The van der Waals surface area contributed by atoms with E-state index in [0.717, 1.165) is 27.6 Å². The third kappa shape index (κ3) is 3.50. The molecule has 0 saturated carbocycles. The van der Waals surface area contributed by atoms with Gasteiger partial charge in [-0.05, 0) is 60.7 Å². The fraction of sp³-hybridized carbons (Fsp3) is 0.250. The first kappa shape index (κ1) is 14.4. The minimum Gasteiger partial charge on any atom is -0.324 e. The number of aryl methyl sites for hydroxylation is 2. The van der Waals surface area contributed by atoms with Gasteiger partial charge in [0.05, 0.1) is 0 Å². The molecule has 19 heavy (non-hydrogen) atoms. The van der Waals surface area contributed by atoms with Crippen LogP contribution >= 0.6 is 23.2 Å². The summed E-state index contributed by atoms with van der Waals surface area (Å²) < 4.78 is 0. The van der Waals surface area contributed by atoms with E-state index in [2.05, 4.69) is 19.9 Å². The maximum atomic E-state index is 6.29. The second-order valence-corrected chi connectivity index (χ2v) is 5.74. The molecule has 2 rings (SSSR count). The van der Waals surface area contributed by atoms with Crippen LogP contribution in [0.25, 0.3) is 0 Å². The molecule has 100 valence electrons. The number of nitrogens with two attached hydrogens (primary N) is 1. The molecule has 0 aliphatic carbocycles. The maximum Gasteiger partial charge on any atom is 0.0456 e. The highest BCUT2D eigenvalue weighted by Gasteiger charge is 2.12. The van der Waals surface area contributed by atoms with Crippen molar-refractivity contribution in [2.24, 2.45) is 5.73 Å². The van der Waals surface area contributed by atoms with E-state index >= 15 is 0 Å². The molecule has 0 saturated heterocycles. The van der Waals surface area contributed by atoms with Gasteiger partial charge in [0.25, 0.3) is 0 Å². The van der Waals surface area contributed by atoms with E-state index in [1.807, 2.05) is 30.3 Å². The highest BCUT2D eigenvalue weighted by Crippen LogP contribution is 2.27. The molecule has 0 fully saturated rings. The third-order valence-electron chi connectivity index (χ3n) is 3.38. The largest absolute Gasteiger partial charge is 0.324 e. The van der Waals surface area contributed by atoms with Gasteiger partial charge in [-0.25, -0.2) is 0 Å². The summed E-state index contributed by atoms with van der Waals surface area (Å²) in [5.41, 5.74) is 10.8. The van der Waals surface area contributed by atoms with Crippen molar-refractivity contribution in [1.29, 1.82) is 0 Å². The highest BCUT2D eigenvalue weighted by atomic mass is 35.5. The zero-order chi connectivity index (χ0) is 14.0. The average Bonchev–Trinajstić information content (AvgIpc) is 2.36. The summed E-state index contributed by atoms with van der Waals surface area (Å²) >= 11 is 12.2. The first-order chi connectivity index (χ1) is 8.97. The van der Waals surface area contributed by atoms with Crippen molar-refractivity contribution in [3.05, 3.63) is 68.7 Å². The smallest absolute Gasteiger partial charge is 0.0456 e. The van der Waals surface area contributed by atoms with Crippen LogP contribution in [-0.2, 0) is 6.42 Å². The van der Waals surface area contributed by atoms with Gasteiger partial charge in [-0.3, -0.25) is 0 Å². The SMILES string of the molecule is Cc1cc(Cl)c(C(N)Cc2ccc(Cl)cc2)cc1C. The number of rotatable bonds is 3. The zero-order valence-electron chi connectivity index (χ0n) is 11.1. The number of halogens is 2. The lowest BCUT2D eigenvalue weighted by Crippen LogP contribution is -2.14. The summed E-state index contributed by atoms with van der Waals surface area (Å²) in [6.45, 7) is 4.12. The van der Waals surface area contributed by atoms with Gasteiger partial charge in [-0.2, -0.15) is 0 Å². The summed E-state index contributed by atoms with van der Waals surface area (Å²) in [6.07, 6.45) is 0.749. The van der Waals surface area contributed by atoms with Crippen LogP contribution in [0.4, 0.5) is 0 Å².